The summed E-state index contributed by atoms with van der Waals surface area (Å²) in [6, 6.07) is 10.4. The van der Waals surface area contributed by atoms with Crippen LogP contribution in [0, 0.1) is 0 Å². The van der Waals surface area contributed by atoms with Crippen LogP contribution < -0.4 is 49.9 Å². The number of carboxylic acid groups (broad SMARTS) is 2. The number of aliphatic hydroxyl groups is 1. The Morgan fingerprint density at radius 2 is 1.17 bits per heavy atom. The van der Waals surface area contributed by atoms with Crippen molar-refractivity contribution in [1.82, 2.24) is 0 Å². The van der Waals surface area contributed by atoms with Crippen LogP contribution in [0.25, 0.3) is 21.9 Å². The third-order valence-corrected chi connectivity index (χ3v) is 4.72. The predicted molar refractivity (Wildman–Crippen MR) is 116 cm³/mol. The van der Waals surface area contributed by atoms with Crippen molar-refractivity contribution in [3.8, 4) is 11.5 Å². The minimum absolute atomic E-state index is 0. The van der Waals surface area contributed by atoms with Gasteiger partial charge in [0, 0.05) is 12.1 Å². The van der Waals surface area contributed by atoms with Gasteiger partial charge in [0.05, 0.1) is 0 Å². The molecule has 0 unspecified atom stereocenters. The summed E-state index contributed by atoms with van der Waals surface area (Å²) in [6.45, 7) is -0.608. The molecule has 0 spiro atoms. The fourth-order valence-electron chi connectivity index (χ4n) is 3.23. The molecule has 0 bridgehead atoms. The molecule has 2 heterocycles. The maximum absolute atomic E-state index is 12.3. The van der Waals surface area contributed by atoms with Crippen molar-refractivity contribution >= 4 is 33.9 Å². The molecule has 4 aromatic rings. The van der Waals surface area contributed by atoms with Crippen LogP contribution in [0.4, 0.5) is 0 Å². The summed E-state index contributed by atoms with van der Waals surface area (Å²) in [5, 5.41) is 28.4. The van der Waals surface area contributed by atoms with Crippen molar-refractivity contribution in [3.05, 3.63) is 80.5 Å². The third-order valence-electron chi connectivity index (χ3n) is 4.72. The van der Waals surface area contributed by atoms with Gasteiger partial charge in [-0.25, -0.2) is 9.59 Å². The SMILES string of the molecule is O=C(O)c1cc(=O)c2c(OCC(O)COc3cccc4oc(C(=O)O)cc(=O)c34)cccc2o1.[Na+]. The van der Waals surface area contributed by atoms with Gasteiger partial charge in [0.2, 0.25) is 11.5 Å². The fraction of sp³-hybridized carbons (Fsp3) is 0.130. The Kier molecular flexibility index (Phi) is 7.97. The minimum Gasteiger partial charge on any atom is -0.490 e. The zero-order valence-electron chi connectivity index (χ0n) is 18.2. The Bertz CT molecular complexity index is 1420. The molecular formula is C23H16NaO11+. The maximum atomic E-state index is 12.3. The third kappa shape index (κ3) is 5.54. The number of hydrogen-bond acceptors (Lipinski definition) is 9. The minimum atomic E-state index is -1.39. The average Bonchev–Trinajstić information content (AvgIpc) is 2.80. The molecule has 0 fully saturated rings. The smallest absolute Gasteiger partial charge is 0.490 e. The van der Waals surface area contributed by atoms with E-state index in [4.69, 9.17) is 28.5 Å². The molecule has 2 aromatic carbocycles. The van der Waals surface area contributed by atoms with Crippen LogP contribution in [-0.2, 0) is 0 Å². The summed E-state index contributed by atoms with van der Waals surface area (Å²) in [4.78, 5) is 46.8. The first-order valence-electron chi connectivity index (χ1n) is 9.78. The van der Waals surface area contributed by atoms with Gasteiger partial charge in [-0.15, -0.1) is 0 Å². The van der Waals surface area contributed by atoms with Crippen molar-refractivity contribution < 1.29 is 72.8 Å². The van der Waals surface area contributed by atoms with Crippen LogP contribution >= 0.6 is 0 Å². The van der Waals surface area contributed by atoms with Crippen LogP contribution in [-0.4, -0.2) is 46.6 Å². The van der Waals surface area contributed by atoms with Crippen LogP contribution in [0.15, 0.2) is 67.0 Å². The Hall–Kier alpha value is -3.64. The van der Waals surface area contributed by atoms with Crippen LogP contribution in [0.5, 0.6) is 11.5 Å². The van der Waals surface area contributed by atoms with E-state index in [9.17, 15) is 24.3 Å². The fourth-order valence-corrected chi connectivity index (χ4v) is 3.23. The van der Waals surface area contributed by atoms with Crippen molar-refractivity contribution in [3.63, 3.8) is 0 Å². The summed E-state index contributed by atoms with van der Waals surface area (Å²) in [6.07, 6.45) is -1.19. The molecule has 0 saturated heterocycles. The molecular weight excluding hydrogens is 475 g/mol. The van der Waals surface area contributed by atoms with Gasteiger partial charge in [0.25, 0.3) is 0 Å². The maximum Gasteiger partial charge on any atom is 1.00 e. The molecule has 0 aliphatic heterocycles. The number of carboxylic acids is 2. The number of fused-ring (bicyclic) bond motifs is 2. The first-order chi connectivity index (χ1) is 16.2. The molecule has 0 aliphatic rings. The van der Waals surface area contributed by atoms with E-state index in [1.54, 1.807) is 0 Å². The Morgan fingerprint density at radius 3 is 1.54 bits per heavy atom. The van der Waals surface area contributed by atoms with E-state index in [1.807, 2.05) is 0 Å². The molecule has 12 heteroatoms. The van der Waals surface area contributed by atoms with Crippen molar-refractivity contribution in [2.24, 2.45) is 0 Å². The zero-order chi connectivity index (χ0) is 24.4. The van der Waals surface area contributed by atoms with Gasteiger partial charge in [-0.05, 0) is 24.3 Å². The van der Waals surface area contributed by atoms with Gasteiger partial charge < -0.3 is 33.6 Å². The first-order valence-corrected chi connectivity index (χ1v) is 9.78. The van der Waals surface area contributed by atoms with Crippen molar-refractivity contribution in [2.45, 2.75) is 6.10 Å². The molecule has 11 nitrogen and oxygen atoms in total. The second-order valence-electron chi connectivity index (χ2n) is 7.09. The van der Waals surface area contributed by atoms with E-state index in [-0.39, 0.29) is 76.2 Å². The monoisotopic (exact) mass is 491 g/mol. The zero-order valence-corrected chi connectivity index (χ0v) is 20.2. The van der Waals surface area contributed by atoms with Gasteiger partial charge >= 0.3 is 41.5 Å². The number of rotatable bonds is 8. The van der Waals surface area contributed by atoms with Crippen LogP contribution in [0.2, 0.25) is 0 Å². The molecule has 35 heavy (non-hydrogen) atoms. The van der Waals surface area contributed by atoms with Gasteiger partial charge in [0.1, 0.15) is 52.8 Å². The standard InChI is InChI=1S/C23H16O11.Na/c24-11(9-31-14-3-1-5-16-20(14)12(25)7-18(33-16)22(27)28)10-32-15-4-2-6-17-21(15)13(26)8-19(34-17)23(29)30;/h1-8,11,24H,9-10H2,(H,27,28)(H,29,30);/q;+1. The van der Waals surface area contributed by atoms with E-state index in [2.05, 4.69) is 0 Å². The second-order valence-corrected chi connectivity index (χ2v) is 7.09. The van der Waals surface area contributed by atoms with Gasteiger partial charge in [0.15, 0.2) is 10.9 Å². The second kappa shape index (κ2) is 10.7. The van der Waals surface area contributed by atoms with E-state index in [0.29, 0.717) is 0 Å². The van der Waals surface area contributed by atoms with Crippen LogP contribution in [0.1, 0.15) is 21.1 Å². The molecule has 0 aliphatic carbocycles. The normalized spacial score (nSPS) is 10.8. The number of ether oxygens (including phenoxy) is 2. The summed E-state index contributed by atoms with van der Waals surface area (Å²) in [5.41, 5.74) is -1.22. The predicted octanol–water partition coefficient (Wildman–Crippen LogP) is -0.881. The van der Waals surface area contributed by atoms with E-state index in [1.165, 1.54) is 36.4 Å². The molecule has 2 aromatic heterocycles. The molecule has 0 saturated carbocycles. The van der Waals surface area contributed by atoms with E-state index >= 15 is 0 Å². The van der Waals surface area contributed by atoms with Crippen molar-refractivity contribution in [1.29, 1.82) is 0 Å². The molecule has 0 radical (unpaired) electrons. The summed E-state index contributed by atoms with van der Waals surface area (Å²) in [7, 11) is 0. The number of carbonyl (C=O) groups is 2. The molecule has 4 rings (SSSR count). The summed E-state index contributed by atoms with van der Waals surface area (Å²) in [5.74, 6) is -3.65. The van der Waals surface area contributed by atoms with Gasteiger partial charge in [-0.2, -0.15) is 0 Å². The van der Waals surface area contributed by atoms with E-state index in [0.717, 1.165) is 12.1 Å². The summed E-state index contributed by atoms with van der Waals surface area (Å²) < 4.78 is 21.4. The Balaban J connectivity index is 0.00000342. The number of aliphatic hydroxyl groups excluding tert-OH is 1. The molecule has 0 atom stereocenters. The Labute approximate surface area is 217 Å². The number of hydrogen-bond donors (Lipinski definition) is 3. The Morgan fingerprint density at radius 1 is 0.771 bits per heavy atom. The molecule has 174 valence electrons. The van der Waals surface area contributed by atoms with E-state index < -0.39 is 40.4 Å². The topological polar surface area (TPSA) is 174 Å². The summed E-state index contributed by atoms with van der Waals surface area (Å²) >= 11 is 0. The quantitative estimate of drug-likeness (QED) is 0.261. The largest absolute Gasteiger partial charge is 1.00 e. The van der Waals surface area contributed by atoms with Crippen molar-refractivity contribution in [2.75, 3.05) is 13.2 Å². The number of aromatic carboxylic acids is 2. The van der Waals surface area contributed by atoms with Crippen LogP contribution in [0.3, 0.4) is 0 Å². The van der Waals surface area contributed by atoms with Gasteiger partial charge in [-0.3, -0.25) is 9.59 Å². The van der Waals surface area contributed by atoms with Gasteiger partial charge in [-0.1, -0.05) is 12.1 Å². The first kappa shape index (κ1) is 26.0. The molecule has 3 N–H and O–H groups in total. The molecule has 0 amide bonds. The average molecular weight is 491 g/mol. The number of benzene rings is 2.